The molecule has 0 saturated heterocycles. The van der Waals surface area contributed by atoms with E-state index < -0.39 is 11.5 Å². The molecule has 96 valence electrons. The van der Waals surface area contributed by atoms with Gasteiger partial charge in [0.2, 0.25) is 0 Å². The third kappa shape index (κ3) is 1.75. The molecule has 1 atom stereocenters. The van der Waals surface area contributed by atoms with Gasteiger partial charge in [-0.15, -0.1) is 0 Å². The molecule has 5 nitrogen and oxygen atoms in total. The van der Waals surface area contributed by atoms with E-state index >= 15 is 0 Å². The first-order valence-corrected chi connectivity index (χ1v) is 5.91. The summed E-state index contributed by atoms with van der Waals surface area (Å²) in [6.45, 7) is 0. The summed E-state index contributed by atoms with van der Waals surface area (Å²) in [6, 6.07) is 10.1. The van der Waals surface area contributed by atoms with E-state index in [0.717, 1.165) is 0 Å². The number of H-pyrrole nitrogens is 1. The molecule has 1 unspecified atom stereocenters. The minimum absolute atomic E-state index is 0.281. The summed E-state index contributed by atoms with van der Waals surface area (Å²) in [7, 11) is 0. The summed E-state index contributed by atoms with van der Waals surface area (Å²) in [4.78, 5) is 26.8. The van der Waals surface area contributed by atoms with Crippen LogP contribution in [0.2, 0.25) is 0 Å². The third-order valence-corrected chi connectivity index (χ3v) is 3.31. The molecule has 1 aromatic carbocycles. The number of hydrogen-bond donors (Lipinski definition) is 3. The SMILES string of the molecule is O=C(CC1(O)C(=O)Nc2ccccc21)c1ccc[nH]1. The minimum Gasteiger partial charge on any atom is -0.375 e. The van der Waals surface area contributed by atoms with Crippen LogP contribution in [0.3, 0.4) is 0 Å². The zero-order valence-corrected chi connectivity index (χ0v) is 10.0. The highest BCUT2D eigenvalue weighted by Gasteiger charge is 2.46. The maximum Gasteiger partial charge on any atom is 0.261 e. The van der Waals surface area contributed by atoms with Gasteiger partial charge in [0.25, 0.3) is 5.91 Å². The van der Waals surface area contributed by atoms with Crippen molar-refractivity contribution in [3.05, 3.63) is 53.9 Å². The highest BCUT2D eigenvalue weighted by atomic mass is 16.3. The third-order valence-electron chi connectivity index (χ3n) is 3.31. The molecular weight excluding hydrogens is 244 g/mol. The number of benzene rings is 1. The number of amides is 1. The van der Waals surface area contributed by atoms with Crippen LogP contribution < -0.4 is 5.32 Å². The molecule has 0 radical (unpaired) electrons. The van der Waals surface area contributed by atoms with Gasteiger partial charge in [0.1, 0.15) is 0 Å². The summed E-state index contributed by atoms with van der Waals surface area (Å²) < 4.78 is 0. The van der Waals surface area contributed by atoms with Crippen molar-refractivity contribution in [1.29, 1.82) is 0 Å². The van der Waals surface area contributed by atoms with E-state index in [4.69, 9.17) is 0 Å². The largest absolute Gasteiger partial charge is 0.375 e. The minimum atomic E-state index is -1.79. The van der Waals surface area contributed by atoms with E-state index in [0.29, 0.717) is 16.9 Å². The lowest BCUT2D eigenvalue weighted by molar-refractivity contribution is -0.133. The molecule has 0 aliphatic carbocycles. The number of Topliss-reactive ketones (excluding diaryl/α,β-unsaturated/α-hetero) is 1. The molecule has 3 rings (SSSR count). The first kappa shape index (κ1) is 11.7. The Morgan fingerprint density at radius 2 is 2.00 bits per heavy atom. The van der Waals surface area contributed by atoms with Gasteiger partial charge in [-0.2, -0.15) is 0 Å². The lowest BCUT2D eigenvalue weighted by Crippen LogP contribution is -2.36. The summed E-state index contributed by atoms with van der Waals surface area (Å²) in [5, 5.41) is 13.1. The van der Waals surface area contributed by atoms with Gasteiger partial charge >= 0.3 is 0 Å². The Balaban J connectivity index is 1.95. The fourth-order valence-electron chi connectivity index (χ4n) is 2.31. The van der Waals surface area contributed by atoms with E-state index in [1.807, 2.05) is 0 Å². The van der Waals surface area contributed by atoms with Gasteiger partial charge in [0.15, 0.2) is 11.4 Å². The number of aliphatic hydroxyl groups is 1. The number of ketones is 1. The standard InChI is InChI=1S/C14H12N2O3/c17-12(11-6-3-7-15-11)8-14(19)9-4-1-2-5-10(9)16-13(14)18/h1-7,15,19H,8H2,(H,16,18). The van der Waals surface area contributed by atoms with E-state index in [9.17, 15) is 14.7 Å². The van der Waals surface area contributed by atoms with Crippen LogP contribution >= 0.6 is 0 Å². The summed E-state index contributed by atoms with van der Waals surface area (Å²) in [5.41, 5.74) is -0.418. The lowest BCUT2D eigenvalue weighted by Gasteiger charge is -2.19. The quantitative estimate of drug-likeness (QED) is 0.726. The van der Waals surface area contributed by atoms with Crippen molar-refractivity contribution in [2.24, 2.45) is 0 Å². The van der Waals surface area contributed by atoms with Crippen LogP contribution in [0.1, 0.15) is 22.5 Å². The average molecular weight is 256 g/mol. The van der Waals surface area contributed by atoms with E-state index in [-0.39, 0.29) is 12.2 Å². The summed E-state index contributed by atoms with van der Waals surface area (Å²) in [6.07, 6.45) is 1.34. The summed E-state index contributed by atoms with van der Waals surface area (Å²) >= 11 is 0. The predicted octanol–water partition coefficient (Wildman–Crippen LogP) is 1.43. The molecule has 1 aliphatic rings. The molecule has 19 heavy (non-hydrogen) atoms. The van der Waals surface area contributed by atoms with Gasteiger partial charge in [-0.25, -0.2) is 0 Å². The number of anilines is 1. The van der Waals surface area contributed by atoms with Gasteiger partial charge in [-0.05, 0) is 18.2 Å². The molecule has 1 aliphatic heterocycles. The second kappa shape index (κ2) is 4.07. The van der Waals surface area contributed by atoms with Crippen molar-refractivity contribution in [3.63, 3.8) is 0 Å². The van der Waals surface area contributed by atoms with Crippen LogP contribution in [-0.4, -0.2) is 21.8 Å². The van der Waals surface area contributed by atoms with Crippen LogP contribution in [0.25, 0.3) is 0 Å². The predicted molar refractivity (Wildman–Crippen MR) is 68.7 cm³/mol. The molecule has 3 N–H and O–H groups in total. The van der Waals surface area contributed by atoms with Crippen LogP contribution in [0, 0.1) is 0 Å². The van der Waals surface area contributed by atoms with E-state index in [2.05, 4.69) is 10.3 Å². The number of carbonyl (C=O) groups is 2. The number of fused-ring (bicyclic) bond motifs is 1. The number of aromatic amines is 1. The molecule has 1 aromatic heterocycles. The average Bonchev–Trinajstić information content (AvgIpc) is 2.99. The second-order valence-corrected chi connectivity index (χ2v) is 4.54. The number of nitrogens with one attached hydrogen (secondary N) is 2. The Labute approximate surface area is 109 Å². The van der Waals surface area contributed by atoms with Gasteiger partial charge in [0, 0.05) is 17.4 Å². The first-order valence-electron chi connectivity index (χ1n) is 5.91. The number of aromatic nitrogens is 1. The Morgan fingerprint density at radius 3 is 2.74 bits per heavy atom. The smallest absolute Gasteiger partial charge is 0.261 e. The fraction of sp³-hybridized carbons (Fsp3) is 0.143. The zero-order chi connectivity index (χ0) is 13.5. The van der Waals surface area contributed by atoms with Crippen LogP contribution in [0.15, 0.2) is 42.6 Å². The molecule has 0 saturated carbocycles. The Kier molecular flexibility index (Phi) is 2.50. The molecule has 0 fully saturated rings. The van der Waals surface area contributed by atoms with Crippen LogP contribution in [0.4, 0.5) is 5.69 Å². The van der Waals surface area contributed by atoms with Gasteiger partial charge in [-0.1, -0.05) is 18.2 Å². The highest BCUT2D eigenvalue weighted by Crippen LogP contribution is 2.38. The van der Waals surface area contributed by atoms with Crippen molar-refractivity contribution in [3.8, 4) is 0 Å². The van der Waals surface area contributed by atoms with Crippen molar-refractivity contribution in [2.45, 2.75) is 12.0 Å². The van der Waals surface area contributed by atoms with Crippen molar-refractivity contribution in [2.75, 3.05) is 5.32 Å². The molecule has 2 heterocycles. The lowest BCUT2D eigenvalue weighted by atomic mass is 9.89. The molecule has 2 aromatic rings. The Morgan fingerprint density at radius 1 is 1.21 bits per heavy atom. The zero-order valence-electron chi connectivity index (χ0n) is 10.0. The Bertz CT molecular complexity index is 648. The van der Waals surface area contributed by atoms with Crippen LogP contribution in [-0.2, 0) is 10.4 Å². The van der Waals surface area contributed by atoms with Gasteiger partial charge < -0.3 is 15.4 Å². The summed E-state index contributed by atoms with van der Waals surface area (Å²) in [5.74, 6) is -0.868. The van der Waals surface area contributed by atoms with Crippen molar-refractivity contribution >= 4 is 17.4 Å². The molecule has 0 bridgehead atoms. The normalized spacial score (nSPS) is 21.0. The van der Waals surface area contributed by atoms with Crippen molar-refractivity contribution < 1.29 is 14.7 Å². The first-order chi connectivity index (χ1) is 9.11. The molecule has 0 spiro atoms. The second-order valence-electron chi connectivity index (χ2n) is 4.54. The maximum absolute atomic E-state index is 12.1. The number of para-hydroxylation sites is 1. The number of carbonyl (C=O) groups excluding carboxylic acids is 2. The van der Waals surface area contributed by atoms with E-state index in [1.54, 1.807) is 42.6 Å². The van der Waals surface area contributed by atoms with E-state index in [1.165, 1.54) is 0 Å². The topological polar surface area (TPSA) is 82.2 Å². The number of rotatable bonds is 3. The van der Waals surface area contributed by atoms with Gasteiger partial charge in [-0.3, -0.25) is 9.59 Å². The molecule has 1 amide bonds. The van der Waals surface area contributed by atoms with Crippen molar-refractivity contribution in [1.82, 2.24) is 4.98 Å². The van der Waals surface area contributed by atoms with Gasteiger partial charge in [0.05, 0.1) is 12.1 Å². The fourth-order valence-corrected chi connectivity index (χ4v) is 2.31. The monoisotopic (exact) mass is 256 g/mol. The van der Waals surface area contributed by atoms with Crippen LogP contribution in [0.5, 0.6) is 0 Å². The maximum atomic E-state index is 12.1. The molecular formula is C14H12N2O3. The number of hydrogen-bond acceptors (Lipinski definition) is 3. The highest BCUT2D eigenvalue weighted by molar-refractivity contribution is 6.09. The molecule has 5 heteroatoms. The Hall–Kier alpha value is -2.40.